The average molecular weight is 346 g/mol. The van der Waals surface area contributed by atoms with E-state index in [9.17, 15) is 23.1 Å². The van der Waals surface area contributed by atoms with Crippen LogP contribution in [0.25, 0.3) is 0 Å². The lowest BCUT2D eigenvalue weighted by molar-refractivity contribution is 0.0820. The standard InChI is InChI=1S/C16H21F3N2O3/c1-10-2-3-11(8-22)7-21(10)16(23)20-13-5-4-12(17)6-14(13)24-9-15(18)19/h4-6,10-11,15,22H,2-3,7-9H2,1H3,(H,20,23). The van der Waals surface area contributed by atoms with Crippen LogP contribution in [0.15, 0.2) is 18.2 Å². The molecule has 5 nitrogen and oxygen atoms in total. The lowest BCUT2D eigenvalue weighted by atomic mass is 9.94. The van der Waals surface area contributed by atoms with E-state index >= 15 is 0 Å². The molecular formula is C16H21F3N2O3. The fourth-order valence-corrected chi connectivity index (χ4v) is 2.67. The number of rotatable bonds is 5. The number of hydrogen-bond acceptors (Lipinski definition) is 3. The van der Waals surface area contributed by atoms with Crippen molar-refractivity contribution in [3.63, 3.8) is 0 Å². The second-order valence-electron chi connectivity index (χ2n) is 5.90. The molecule has 0 bridgehead atoms. The van der Waals surface area contributed by atoms with E-state index in [4.69, 9.17) is 4.74 Å². The van der Waals surface area contributed by atoms with E-state index in [-0.39, 0.29) is 30.0 Å². The molecule has 0 spiro atoms. The van der Waals surface area contributed by atoms with E-state index in [2.05, 4.69) is 5.32 Å². The molecular weight excluding hydrogens is 325 g/mol. The molecule has 1 fully saturated rings. The predicted molar refractivity (Wildman–Crippen MR) is 82.9 cm³/mol. The number of nitrogens with zero attached hydrogens (tertiary/aromatic N) is 1. The van der Waals surface area contributed by atoms with Crippen LogP contribution in [-0.4, -0.2) is 48.3 Å². The Morgan fingerprint density at radius 2 is 2.21 bits per heavy atom. The van der Waals surface area contributed by atoms with Crippen molar-refractivity contribution in [2.45, 2.75) is 32.2 Å². The van der Waals surface area contributed by atoms with Crippen LogP contribution in [0.5, 0.6) is 5.75 Å². The van der Waals surface area contributed by atoms with Gasteiger partial charge >= 0.3 is 6.03 Å². The molecule has 0 aromatic heterocycles. The highest BCUT2D eigenvalue weighted by Gasteiger charge is 2.29. The molecule has 2 atom stereocenters. The molecule has 1 aromatic rings. The maximum Gasteiger partial charge on any atom is 0.322 e. The molecule has 0 saturated carbocycles. The van der Waals surface area contributed by atoms with E-state index in [1.54, 1.807) is 4.90 Å². The third-order valence-electron chi connectivity index (χ3n) is 4.05. The van der Waals surface area contributed by atoms with Gasteiger partial charge in [0, 0.05) is 25.3 Å². The predicted octanol–water partition coefficient (Wildman–Crippen LogP) is 3.09. The minimum absolute atomic E-state index is 0.00417. The molecule has 1 aliphatic rings. The molecule has 1 heterocycles. The number of anilines is 1. The fraction of sp³-hybridized carbons (Fsp3) is 0.562. The maximum absolute atomic E-state index is 13.3. The van der Waals surface area contributed by atoms with Crippen molar-refractivity contribution in [3.8, 4) is 5.75 Å². The molecule has 2 N–H and O–H groups in total. The molecule has 2 rings (SSSR count). The van der Waals surface area contributed by atoms with Crippen molar-refractivity contribution in [2.24, 2.45) is 5.92 Å². The number of urea groups is 1. The molecule has 2 amide bonds. The van der Waals surface area contributed by atoms with Gasteiger partial charge in [0.1, 0.15) is 18.2 Å². The minimum atomic E-state index is -2.70. The van der Waals surface area contributed by atoms with Crippen molar-refractivity contribution in [1.29, 1.82) is 0 Å². The number of piperidine rings is 1. The summed E-state index contributed by atoms with van der Waals surface area (Å²) in [6.07, 6.45) is -1.11. The lowest BCUT2D eigenvalue weighted by Gasteiger charge is -2.37. The van der Waals surface area contributed by atoms with Crippen LogP contribution in [0.4, 0.5) is 23.7 Å². The van der Waals surface area contributed by atoms with Crippen LogP contribution < -0.4 is 10.1 Å². The Hall–Kier alpha value is -1.96. The van der Waals surface area contributed by atoms with E-state index in [0.29, 0.717) is 6.54 Å². The molecule has 134 valence electrons. The number of alkyl halides is 2. The van der Waals surface area contributed by atoms with Gasteiger partial charge < -0.3 is 20.1 Å². The number of halogens is 3. The van der Waals surface area contributed by atoms with Gasteiger partial charge in [0.25, 0.3) is 6.43 Å². The first kappa shape index (κ1) is 18.4. The van der Waals surface area contributed by atoms with E-state index in [1.165, 1.54) is 6.07 Å². The van der Waals surface area contributed by atoms with Crippen molar-refractivity contribution >= 4 is 11.7 Å². The Balaban J connectivity index is 2.10. The first-order chi connectivity index (χ1) is 11.4. The highest BCUT2D eigenvalue weighted by Crippen LogP contribution is 2.28. The van der Waals surface area contributed by atoms with Crippen LogP contribution in [0.3, 0.4) is 0 Å². The maximum atomic E-state index is 13.3. The van der Waals surface area contributed by atoms with Crippen molar-refractivity contribution in [2.75, 3.05) is 25.1 Å². The van der Waals surface area contributed by atoms with Gasteiger partial charge in [-0.3, -0.25) is 0 Å². The lowest BCUT2D eigenvalue weighted by Crippen LogP contribution is -2.48. The van der Waals surface area contributed by atoms with Gasteiger partial charge in [-0.25, -0.2) is 18.0 Å². The highest BCUT2D eigenvalue weighted by atomic mass is 19.3. The van der Waals surface area contributed by atoms with Gasteiger partial charge in [0.15, 0.2) is 0 Å². The Morgan fingerprint density at radius 1 is 1.46 bits per heavy atom. The summed E-state index contributed by atoms with van der Waals surface area (Å²) in [6.45, 7) is 1.40. The first-order valence-electron chi connectivity index (χ1n) is 7.79. The Kier molecular flexibility index (Phi) is 6.30. The van der Waals surface area contributed by atoms with Crippen molar-refractivity contribution in [3.05, 3.63) is 24.0 Å². The molecule has 1 aromatic carbocycles. The topological polar surface area (TPSA) is 61.8 Å². The zero-order valence-corrected chi connectivity index (χ0v) is 13.3. The van der Waals surface area contributed by atoms with Crippen molar-refractivity contribution in [1.82, 2.24) is 4.90 Å². The number of carbonyl (C=O) groups excluding carboxylic acids is 1. The van der Waals surface area contributed by atoms with Gasteiger partial charge in [-0.1, -0.05) is 0 Å². The van der Waals surface area contributed by atoms with Gasteiger partial charge in [0.05, 0.1) is 5.69 Å². The number of benzene rings is 1. The van der Waals surface area contributed by atoms with Crippen molar-refractivity contribution < 1.29 is 27.8 Å². The molecule has 0 aliphatic carbocycles. The first-order valence-corrected chi connectivity index (χ1v) is 7.79. The zero-order chi connectivity index (χ0) is 17.7. The molecule has 24 heavy (non-hydrogen) atoms. The van der Waals surface area contributed by atoms with Gasteiger partial charge in [0.2, 0.25) is 0 Å². The fourth-order valence-electron chi connectivity index (χ4n) is 2.67. The number of carbonyl (C=O) groups is 1. The number of nitrogens with one attached hydrogen (secondary N) is 1. The number of hydrogen-bond donors (Lipinski definition) is 2. The minimum Gasteiger partial charge on any atom is -0.485 e. The Bertz CT molecular complexity index is 571. The highest BCUT2D eigenvalue weighted by molar-refractivity contribution is 5.91. The summed E-state index contributed by atoms with van der Waals surface area (Å²) >= 11 is 0. The smallest absolute Gasteiger partial charge is 0.322 e. The summed E-state index contributed by atoms with van der Waals surface area (Å²) in [5, 5.41) is 11.8. The second-order valence-corrected chi connectivity index (χ2v) is 5.90. The Labute approximate surface area is 138 Å². The molecule has 1 aliphatic heterocycles. The number of ether oxygens (including phenoxy) is 1. The van der Waals surface area contributed by atoms with E-state index < -0.39 is 24.9 Å². The van der Waals surface area contributed by atoms with Crippen LogP contribution in [-0.2, 0) is 0 Å². The van der Waals surface area contributed by atoms with Crippen LogP contribution in [0.1, 0.15) is 19.8 Å². The number of amides is 2. The third kappa shape index (κ3) is 4.77. The SMILES string of the molecule is CC1CCC(CO)CN1C(=O)Nc1ccc(F)cc1OCC(F)F. The normalized spacial score (nSPS) is 21.0. The van der Waals surface area contributed by atoms with E-state index in [1.807, 2.05) is 6.92 Å². The van der Waals surface area contributed by atoms with Crippen LogP contribution in [0.2, 0.25) is 0 Å². The van der Waals surface area contributed by atoms with Gasteiger partial charge in [-0.2, -0.15) is 0 Å². The average Bonchev–Trinajstić information content (AvgIpc) is 2.55. The number of aliphatic hydroxyl groups excluding tert-OH is 1. The largest absolute Gasteiger partial charge is 0.485 e. The number of aliphatic hydroxyl groups is 1. The van der Waals surface area contributed by atoms with Gasteiger partial charge in [-0.05, 0) is 37.8 Å². The Morgan fingerprint density at radius 3 is 2.88 bits per heavy atom. The third-order valence-corrected chi connectivity index (χ3v) is 4.05. The summed E-state index contributed by atoms with van der Waals surface area (Å²) in [5.74, 6) is -0.786. The van der Waals surface area contributed by atoms with Gasteiger partial charge in [-0.15, -0.1) is 0 Å². The summed E-state index contributed by atoms with van der Waals surface area (Å²) in [7, 11) is 0. The van der Waals surface area contributed by atoms with Crippen LogP contribution in [0, 0.1) is 11.7 Å². The van der Waals surface area contributed by atoms with E-state index in [0.717, 1.165) is 25.0 Å². The van der Waals surface area contributed by atoms with Crippen LogP contribution >= 0.6 is 0 Å². The molecule has 1 saturated heterocycles. The monoisotopic (exact) mass is 346 g/mol. The second kappa shape index (κ2) is 8.23. The number of likely N-dealkylation sites (tertiary alicyclic amines) is 1. The zero-order valence-electron chi connectivity index (χ0n) is 13.3. The summed E-state index contributed by atoms with van der Waals surface area (Å²) in [5.41, 5.74) is 0.125. The molecule has 8 heteroatoms. The summed E-state index contributed by atoms with van der Waals surface area (Å²) in [4.78, 5) is 14.0. The summed E-state index contributed by atoms with van der Waals surface area (Å²) < 4.78 is 42.8. The quantitative estimate of drug-likeness (QED) is 0.861. The molecule has 0 radical (unpaired) electrons. The summed E-state index contributed by atoms with van der Waals surface area (Å²) in [6, 6.07) is 2.88. The molecule has 2 unspecified atom stereocenters.